The lowest BCUT2D eigenvalue weighted by Gasteiger charge is -2.10. The van der Waals surface area contributed by atoms with E-state index in [4.69, 9.17) is 4.74 Å². The van der Waals surface area contributed by atoms with Gasteiger partial charge in [0, 0.05) is 13.0 Å². The molecule has 1 unspecified atom stereocenters. The number of aldehydes is 1. The summed E-state index contributed by atoms with van der Waals surface area (Å²) in [4.78, 5) is 10.3. The van der Waals surface area contributed by atoms with Gasteiger partial charge in [0.15, 0.2) is 0 Å². The summed E-state index contributed by atoms with van der Waals surface area (Å²) in [6, 6.07) is 10.1. The first kappa shape index (κ1) is 13.7. The van der Waals surface area contributed by atoms with Crippen LogP contribution < -0.4 is 0 Å². The number of carbonyl (C=O) groups is 1. The highest BCUT2D eigenvalue weighted by Gasteiger charge is 2.03. The minimum atomic E-state index is 0.385. The Kier molecular flexibility index (Phi) is 6.99. The Morgan fingerprint density at radius 2 is 2.00 bits per heavy atom. The maximum absolute atomic E-state index is 10.3. The van der Waals surface area contributed by atoms with Gasteiger partial charge in [-0.15, -0.1) is 6.58 Å². The van der Waals surface area contributed by atoms with Gasteiger partial charge >= 0.3 is 0 Å². The largest absolute Gasteiger partial charge is 0.377 e. The molecule has 1 aromatic rings. The molecule has 0 aliphatic rings. The third-order valence-electron chi connectivity index (χ3n) is 2.73. The van der Waals surface area contributed by atoms with Crippen molar-refractivity contribution >= 4 is 6.29 Å². The van der Waals surface area contributed by atoms with Crippen molar-refractivity contribution in [3.05, 3.63) is 48.6 Å². The summed E-state index contributed by atoms with van der Waals surface area (Å²) < 4.78 is 5.60. The SMILES string of the molecule is C=CC(CCC=O)CCOCc1ccccc1. The lowest BCUT2D eigenvalue weighted by molar-refractivity contribution is -0.108. The summed E-state index contributed by atoms with van der Waals surface area (Å²) in [6.07, 6.45) is 5.29. The second-order valence-electron chi connectivity index (χ2n) is 4.07. The zero-order chi connectivity index (χ0) is 12.3. The summed E-state index contributed by atoms with van der Waals surface area (Å²) in [5, 5.41) is 0. The molecule has 2 nitrogen and oxygen atoms in total. The van der Waals surface area contributed by atoms with E-state index in [1.165, 1.54) is 5.56 Å². The van der Waals surface area contributed by atoms with Crippen LogP contribution in [-0.2, 0) is 16.1 Å². The van der Waals surface area contributed by atoms with Gasteiger partial charge in [-0.05, 0) is 24.3 Å². The van der Waals surface area contributed by atoms with Crippen LogP contribution in [0.25, 0.3) is 0 Å². The van der Waals surface area contributed by atoms with Crippen LogP contribution in [0.2, 0.25) is 0 Å². The standard InChI is InChI=1S/C15H20O2/c1-2-14(9-6-11-16)10-12-17-13-15-7-4-3-5-8-15/h2-5,7-8,11,14H,1,6,9-10,12-13H2. The molecule has 2 heteroatoms. The monoisotopic (exact) mass is 232 g/mol. The van der Waals surface area contributed by atoms with Crippen molar-refractivity contribution < 1.29 is 9.53 Å². The molecule has 0 heterocycles. The van der Waals surface area contributed by atoms with E-state index in [-0.39, 0.29) is 0 Å². The van der Waals surface area contributed by atoms with Crippen molar-refractivity contribution in [1.82, 2.24) is 0 Å². The van der Waals surface area contributed by atoms with Crippen LogP contribution >= 0.6 is 0 Å². The van der Waals surface area contributed by atoms with Crippen LogP contribution in [0.15, 0.2) is 43.0 Å². The van der Waals surface area contributed by atoms with Gasteiger partial charge < -0.3 is 9.53 Å². The van der Waals surface area contributed by atoms with Crippen molar-refractivity contribution in [3.8, 4) is 0 Å². The fourth-order valence-electron chi connectivity index (χ4n) is 1.66. The van der Waals surface area contributed by atoms with Gasteiger partial charge in [-0.25, -0.2) is 0 Å². The molecule has 0 aromatic heterocycles. The summed E-state index contributed by atoms with van der Waals surface area (Å²) in [5.74, 6) is 0.385. The summed E-state index contributed by atoms with van der Waals surface area (Å²) in [6.45, 7) is 5.14. The fraction of sp³-hybridized carbons (Fsp3) is 0.400. The van der Waals surface area contributed by atoms with Gasteiger partial charge in [-0.2, -0.15) is 0 Å². The number of hydrogen-bond donors (Lipinski definition) is 0. The van der Waals surface area contributed by atoms with Crippen LogP contribution in [0, 0.1) is 5.92 Å². The number of allylic oxidation sites excluding steroid dienone is 1. The maximum atomic E-state index is 10.3. The van der Waals surface area contributed by atoms with Gasteiger partial charge in [-0.3, -0.25) is 0 Å². The number of hydrogen-bond acceptors (Lipinski definition) is 2. The molecule has 0 N–H and O–H groups in total. The minimum Gasteiger partial charge on any atom is -0.377 e. The molecule has 1 atom stereocenters. The summed E-state index contributed by atoms with van der Waals surface area (Å²) in [5.41, 5.74) is 1.19. The summed E-state index contributed by atoms with van der Waals surface area (Å²) >= 11 is 0. The molecule has 0 aliphatic heterocycles. The Labute approximate surface area is 103 Å². The molecule has 0 amide bonds. The van der Waals surface area contributed by atoms with Crippen LogP contribution in [-0.4, -0.2) is 12.9 Å². The first-order valence-electron chi connectivity index (χ1n) is 6.04. The predicted molar refractivity (Wildman–Crippen MR) is 69.7 cm³/mol. The molecule has 92 valence electrons. The average Bonchev–Trinajstić information content (AvgIpc) is 2.39. The van der Waals surface area contributed by atoms with Crippen LogP contribution in [0.3, 0.4) is 0 Å². The molecule has 0 saturated carbocycles. The van der Waals surface area contributed by atoms with E-state index in [0.717, 1.165) is 19.1 Å². The van der Waals surface area contributed by atoms with E-state index in [9.17, 15) is 4.79 Å². The van der Waals surface area contributed by atoms with E-state index in [1.807, 2.05) is 24.3 Å². The molecule has 0 fully saturated rings. The van der Waals surface area contributed by atoms with Crippen LogP contribution in [0.1, 0.15) is 24.8 Å². The van der Waals surface area contributed by atoms with E-state index in [2.05, 4.69) is 18.7 Å². The first-order valence-corrected chi connectivity index (χ1v) is 6.04. The highest BCUT2D eigenvalue weighted by atomic mass is 16.5. The number of benzene rings is 1. The predicted octanol–water partition coefficient (Wildman–Crippen LogP) is 3.37. The van der Waals surface area contributed by atoms with Crippen molar-refractivity contribution in [1.29, 1.82) is 0 Å². The summed E-state index contributed by atoms with van der Waals surface area (Å²) in [7, 11) is 0. The molecule has 1 rings (SSSR count). The van der Waals surface area contributed by atoms with Gasteiger partial charge in [0.25, 0.3) is 0 Å². The molecule has 17 heavy (non-hydrogen) atoms. The van der Waals surface area contributed by atoms with Crippen molar-refractivity contribution in [2.45, 2.75) is 25.9 Å². The number of rotatable bonds is 9. The molecule has 0 saturated heterocycles. The molecular weight excluding hydrogens is 212 g/mol. The molecular formula is C15H20O2. The topological polar surface area (TPSA) is 26.3 Å². The number of ether oxygens (including phenoxy) is 1. The highest BCUT2D eigenvalue weighted by Crippen LogP contribution is 2.12. The lowest BCUT2D eigenvalue weighted by atomic mass is 10.0. The molecule has 0 spiro atoms. The Morgan fingerprint density at radius 3 is 2.65 bits per heavy atom. The second kappa shape index (κ2) is 8.71. The first-order chi connectivity index (χ1) is 8.36. The molecule has 0 aliphatic carbocycles. The fourth-order valence-corrected chi connectivity index (χ4v) is 1.66. The van der Waals surface area contributed by atoms with E-state index in [0.29, 0.717) is 25.6 Å². The smallest absolute Gasteiger partial charge is 0.120 e. The Bertz CT molecular complexity index is 319. The third kappa shape index (κ3) is 6.03. The maximum Gasteiger partial charge on any atom is 0.120 e. The van der Waals surface area contributed by atoms with Crippen LogP contribution in [0.4, 0.5) is 0 Å². The van der Waals surface area contributed by atoms with E-state index in [1.54, 1.807) is 0 Å². The zero-order valence-corrected chi connectivity index (χ0v) is 10.2. The number of carbonyl (C=O) groups excluding carboxylic acids is 1. The quantitative estimate of drug-likeness (QED) is 0.370. The normalized spacial score (nSPS) is 12.0. The highest BCUT2D eigenvalue weighted by molar-refractivity contribution is 5.49. The van der Waals surface area contributed by atoms with Crippen LogP contribution in [0.5, 0.6) is 0 Å². The van der Waals surface area contributed by atoms with Crippen molar-refractivity contribution in [2.75, 3.05) is 6.61 Å². The van der Waals surface area contributed by atoms with E-state index < -0.39 is 0 Å². The zero-order valence-electron chi connectivity index (χ0n) is 10.2. The average molecular weight is 232 g/mol. The second-order valence-corrected chi connectivity index (χ2v) is 4.07. The Hall–Kier alpha value is -1.41. The van der Waals surface area contributed by atoms with Gasteiger partial charge in [0.2, 0.25) is 0 Å². The van der Waals surface area contributed by atoms with Gasteiger partial charge in [0.1, 0.15) is 6.29 Å². The van der Waals surface area contributed by atoms with Crippen molar-refractivity contribution in [3.63, 3.8) is 0 Å². The van der Waals surface area contributed by atoms with Crippen molar-refractivity contribution in [2.24, 2.45) is 5.92 Å². The Balaban J connectivity index is 2.14. The molecule has 1 aromatic carbocycles. The lowest BCUT2D eigenvalue weighted by Crippen LogP contribution is -2.03. The van der Waals surface area contributed by atoms with Gasteiger partial charge in [0.05, 0.1) is 6.61 Å². The minimum absolute atomic E-state index is 0.385. The van der Waals surface area contributed by atoms with Gasteiger partial charge in [-0.1, -0.05) is 36.4 Å². The third-order valence-corrected chi connectivity index (χ3v) is 2.73. The Morgan fingerprint density at radius 1 is 1.24 bits per heavy atom. The molecule has 0 bridgehead atoms. The molecule has 0 radical (unpaired) electrons. The van der Waals surface area contributed by atoms with E-state index >= 15 is 0 Å².